The van der Waals surface area contributed by atoms with E-state index in [9.17, 15) is 4.79 Å². The summed E-state index contributed by atoms with van der Waals surface area (Å²) in [6.07, 6.45) is 0.856. The first-order valence-electron chi connectivity index (χ1n) is 5.58. The van der Waals surface area contributed by atoms with Crippen molar-refractivity contribution in [1.29, 1.82) is 0 Å². The fourth-order valence-corrected chi connectivity index (χ4v) is 1.30. The summed E-state index contributed by atoms with van der Waals surface area (Å²) in [6, 6.07) is 9.50. The molecule has 16 heavy (non-hydrogen) atoms. The first-order valence-corrected chi connectivity index (χ1v) is 5.58. The second-order valence-corrected chi connectivity index (χ2v) is 3.93. The van der Waals surface area contributed by atoms with Gasteiger partial charge in [-0.25, -0.2) is 0 Å². The van der Waals surface area contributed by atoms with Crippen LogP contribution in [0.4, 0.5) is 0 Å². The molecule has 1 amide bonds. The molecular weight excluding hydrogens is 202 g/mol. The average molecular weight is 221 g/mol. The Hall–Kier alpha value is -1.51. The number of carbonyl (C=O) groups is 1. The first kappa shape index (κ1) is 12.6. The molecule has 3 nitrogen and oxygen atoms in total. The largest absolute Gasteiger partial charge is 0.473 e. The van der Waals surface area contributed by atoms with Crippen molar-refractivity contribution >= 4 is 5.91 Å². The Morgan fingerprint density at radius 3 is 2.56 bits per heavy atom. The number of benzene rings is 1. The van der Waals surface area contributed by atoms with E-state index in [1.165, 1.54) is 0 Å². The molecule has 1 aromatic carbocycles. The number of para-hydroxylation sites is 1. The number of rotatable bonds is 5. The van der Waals surface area contributed by atoms with Crippen LogP contribution in [0.5, 0.6) is 5.75 Å². The van der Waals surface area contributed by atoms with Crippen LogP contribution < -0.4 is 4.74 Å². The van der Waals surface area contributed by atoms with Gasteiger partial charge in [0.25, 0.3) is 0 Å². The average Bonchev–Trinajstić information content (AvgIpc) is 2.35. The van der Waals surface area contributed by atoms with Gasteiger partial charge >= 0.3 is 0 Å². The molecule has 0 N–H and O–H groups in total. The third-order valence-corrected chi connectivity index (χ3v) is 2.58. The maximum absolute atomic E-state index is 11.7. The van der Waals surface area contributed by atoms with E-state index in [-0.39, 0.29) is 11.8 Å². The normalized spacial score (nSPS) is 11.9. The van der Waals surface area contributed by atoms with Crippen molar-refractivity contribution in [3.05, 3.63) is 30.3 Å². The van der Waals surface area contributed by atoms with Gasteiger partial charge in [0.2, 0.25) is 5.91 Å². The molecule has 0 heterocycles. The van der Waals surface area contributed by atoms with Crippen LogP contribution in [0.15, 0.2) is 30.3 Å². The Morgan fingerprint density at radius 2 is 2.00 bits per heavy atom. The minimum absolute atomic E-state index is 0.0596. The van der Waals surface area contributed by atoms with Gasteiger partial charge in [-0.1, -0.05) is 32.0 Å². The lowest BCUT2D eigenvalue weighted by atomic mass is 10.1. The van der Waals surface area contributed by atoms with Crippen LogP contribution in [-0.4, -0.2) is 24.6 Å². The topological polar surface area (TPSA) is 29.5 Å². The van der Waals surface area contributed by atoms with E-state index in [1.54, 1.807) is 11.9 Å². The zero-order chi connectivity index (χ0) is 12.0. The number of nitrogens with zero attached hydrogens (tertiary/aromatic N) is 1. The summed E-state index contributed by atoms with van der Waals surface area (Å²) in [6.45, 7) is 4.24. The molecule has 1 unspecified atom stereocenters. The van der Waals surface area contributed by atoms with Gasteiger partial charge in [0.1, 0.15) is 5.75 Å². The molecule has 0 aliphatic carbocycles. The summed E-state index contributed by atoms with van der Waals surface area (Å²) in [5.41, 5.74) is 0. The summed E-state index contributed by atoms with van der Waals surface area (Å²) in [7, 11) is 1.76. The lowest BCUT2D eigenvalue weighted by Gasteiger charge is -2.20. The van der Waals surface area contributed by atoms with E-state index in [1.807, 2.05) is 44.2 Å². The van der Waals surface area contributed by atoms with Gasteiger partial charge in [-0.15, -0.1) is 0 Å². The fourth-order valence-electron chi connectivity index (χ4n) is 1.30. The van der Waals surface area contributed by atoms with Crippen molar-refractivity contribution in [2.45, 2.75) is 20.3 Å². The number of carbonyl (C=O) groups excluding carboxylic acids is 1. The lowest BCUT2D eigenvalue weighted by molar-refractivity contribution is -0.136. The van der Waals surface area contributed by atoms with Crippen LogP contribution in [0.1, 0.15) is 20.3 Å². The number of ether oxygens (including phenoxy) is 1. The van der Waals surface area contributed by atoms with Crippen molar-refractivity contribution in [1.82, 2.24) is 4.90 Å². The van der Waals surface area contributed by atoms with E-state index >= 15 is 0 Å². The monoisotopic (exact) mass is 221 g/mol. The number of hydrogen-bond acceptors (Lipinski definition) is 2. The molecule has 0 radical (unpaired) electrons. The summed E-state index contributed by atoms with van der Waals surface area (Å²) in [5.74, 6) is 0.967. The molecule has 0 bridgehead atoms. The van der Waals surface area contributed by atoms with Gasteiger partial charge in [-0.05, 0) is 18.6 Å². The quantitative estimate of drug-likeness (QED) is 0.715. The van der Waals surface area contributed by atoms with Crippen LogP contribution in [0.25, 0.3) is 0 Å². The molecule has 1 atom stereocenters. The molecule has 1 rings (SSSR count). The van der Waals surface area contributed by atoms with Crippen LogP contribution in [0.3, 0.4) is 0 Å². The Balaban J connectivity index is 2.41. The van der Waals surface area contributed by atoms with Crippen LogP contribution in [-0.2, 0) is 4.79 Å². The maximum atomic E-state index is 11.7. The summed E-state index contributed by atoms with van der Waals surface area (Å²) in [4.78, 5) is 13.4. The maximum Gasteiger partial charge on any atom is 0.227 e. The Bertz CT molecular complexity index is 324. The highest BCUT2D eigenvalue weighted by Gasteiger charge is 2.15. The second kappa shape index (κ2) is 6.16. The van der Waals surface area contributed by atoms with E-state index in [0.717, 1.165) is 12.2 Å². The molecule has 88 valence electrons. The molecule has 0 saturated carbocycles. The second-order valence-electron chi connectivity index (χ2n) is 3.93. The fraction of sp³-hybridized carbons (Fsp3) is 0.462. The van der Waals surface area contributed by atoms with Crippen molar-refractivity contribution in [2.24, 2.45) is 5.92 Å². The van der Waals surface area contributed by atoms with Gasteiger partial charge in [-0.3, -0.25) is 4.79 Å². The molecule has 0 spiro atoms. The third-order valence-electron chi connectivity index (χ3n) is 2.58. The van der Waals surface area contributed by atoms with Gasteiger partial charge in [0.05, 0.1) is 0 Å². The van der Waals surface area contributed by atoms with Gasteiger partial charge < -0.3 is 9.64 Å². The SMILES string of the molecule is CCC(C)C(=O)N(C)COc1ccccc1. The van der Waals surface area contributed by atoms with E-state index < -0.39 is 0 Å². The predicted octanol–water partition coefficient (Wildman–Crippen LogP) is 2.53. The Kier molecular flexibility index (Phi) is 4.83. The van der Waals surface area contributed by atoms with Gasteiger partial charge in [-0.2, -0.15) is 0 Å². The molecule has 0 aliphatic rings. The summed E-state index contributed by atoms with van der Waals surface area (Å²) >= 11 is 0. The van der Waals surface area contributed by atoms with E-state index in [4.69, 9.17) is 4.74 Å². The molecule has 0 aromatic heterocycles. The van der Waals surface area contributed by atoms with Gasteiger partial charge in [0.15, 0.2) is 6.73 Å². The van der Waals surface area contributed by atoms with Crippen molar-refractivity contribution in [2.75, 3.05) is 13.8 Å². The molecule has 0 aliphatic heterocycles. The lowest BCUT2D eigenvalue weighted by Crippen LogP contribution is -2.34. The highest BCUT2D eigenvalue weighted by molar-refractivity contribution is 5.77. The Morgan fingerprint density at radius 1 is 1.38 bits per heavy atom. The summed E-state index contributed by atoms with van der Waals surface area (Å²) < 4.78 is 5.49. The highest BCUT2D eigenvalue weighted by atomic mass is 16.5. The molecule has 3 heteroatoms. The number of amides is 1. The minimum atomic E-state index is 0.0596. The third kappa shape index (κ3) is 3.57. The van der Waals surface area contributed by atoms with Crippen molar-refractivity contribution in [3.63, 3.8) is 0 Å². The minimum Gasteiger partial charge on any atom is -0.473 e. The standard InChI is InChI=1S/C13H19NO2/c1-4-11(2)13(15)14(3)10-16-12-8-6-5-7-9-12/h5-9,11H,4,10H2,1-3H3. The Labute approximate surface area is 97.0 Å². The number of hydrogen-bond donors (Lipinski definition) is 0. The zero-order valence-corrected chi connectivity index (χ0v) is 10.1. The van der Waals surface area contributed by atoms with Crippen molar-refractivity contribution < 1.29 is 9.53 Å². The van der Waals surface area contributed by atoms with Gasteiger partial charge in [0, 0.05) is 13.0 Å². The molecule has 0 fully saturated rings. The van der Waals surface area contributed by atoms with E-state index in [2.05, 4.69) is 0 Å². The van der Waals surface area contributed by atoms with Crippen LogP contribution in [0, 0.1) is 5.92 Å². The first-order chi connectivity index (χ1) is 7.65. The summed E-state index contributed by atoms with van der Waals surface area (Å²) in [5, 5.41) is 0. The van der Waals surface area contributed by atoms with E-state index in [0.29, 0.717) is 6.73 Å². The smallest absolute Gasteiger partial charge is 0.227 e. The molecule has 1 aromatic rings. The predicted molar refractivity (Wildman–Crippen MR) is 64.2 cm³/mol. The molecular formula is C13H19NO2. The van der Waals surface area contributed by atoms with Crippen LogP contribution >= 0.6 is 0 Å². The van der Waals surface area contributed by atoms with Crippen molar-refractivity contribution in [3.8, 4) is 5.75 Å². The highest BCUT2D eigenvalue weighted by Crippen LogP contribution is 2.10. The zero-order valence-electron chi connectivity index (χ0n) is 10.1. The van der Waals surface area contributed by atoms with Crippen LogP contribution in [0.2, 0.25) is 0 Å². The molecule has 0 saturated heterocycles.